The predicted molar refractivity (Wildman–Crippen MR) is 118 cm³/mol. The topological polar surface area (TPSA) is 60.9 Å². The lowest BCUT2D eigenvalue weighted by Crippen LogP contribution is -2.55. The lowest BCUT2D eigenvalue weighted by Gasteiger charge is -2.38. The molecule has 1 aromatic rings. The number of amides is 1. The number of nitrogens with zero attached hydrogens (tertiary/aromatic N) is 3. The number of fused-ring (bicyclic) bond motifs is 1. The minimum Gasteiger partial charge on any atom is -0.340 e. The Bertz CT molecular complexity index is 856. The number of carbonyl (C=O) groups is 1. The van der Waals surface area contributed by atoms with Crippen LogP contribution in [0.5, 0.6) is 0 Å². The molecule has 1 saturated carbocycles. The third kappa shape index (κ3) is 4.73. The fourth-order valence-corrected chi connectivity index (χ4v) is 6.74. The van der Waals surface area contributed by atoms with E-state index in [1.54, 1.807) is 15.7 Å². The Morgan fingerprint density at radius 3 is 2.33 bits per heavy atom. The van der Waals surface area contributed by atoms with Gasteiger partial charge in [-0.15, -0.1) is 0 Å². The summed E-state index contributed by atoms with van der Waals surface area (Å²) >= 11 is 0. The van der Waals surface area contributed by atoms with Crippen LogP contribution < -0.4 is 0 Å². The number of rotatable bonds is 5. The molecule has 1 heterocycles. The van der Waals surface area contributed by atoms with Crippen molar-refractivity contribution in [2.45, 2.75) is 70.3 Å². The molecular formula is C23H35N3O3S. The van der Waals surface area contributed by atoms with Crippen LogP contribution in [0.4, 0.5) is 0 Å². The van der Waals surface area contributed by atoms with Gasteiger partial charge in [-0.3, -0.25) is 4.79 Å². The van der Waals surface area contributed by atoms with Crippen LogP contribution in [-0.4, -0.2) is 67.1 Å². The van der Waals surface area contributed by atoms with Gasteiger partial charge in [-0.25, -0.2) is 0 Å². The maximum atomic E-state index is 13.0. The van der Waals surface area contributed by atoms with Gasteiger partial charge in [0.2, 0.25) is 5.91 Å². The van der Waals surface area contributed by atoms with Crippen LogP contribution in [0.25, 0.3) is 0 Å². The second-order valence-corrected chi connectivity index (χ2v) is 11.1. The Morgan fingerprint density at radius 2 is 1.63 bits per heavy atom. The molecule has 4 rings (SSSR count). The minimum atomic E-state index is -3.45. The number of piperazine rings is 1. The molecule has 0 bridgehead atoms. The van der Waals surface area contributed by atoms with Crippen LogP contribution in [0.15, 0.2) is 18.2 Å². The summed E-state index contributed by atoms with van der Waals surface area (Å²) in [5, 5.41) is 0. The Morgan fingerprint density at radius 1 is 0.967 bits per heavy atom. The lowest BCUT2D eigenvalue weighted by molar-refractivity contribution is -0.131. The molecule has 0 N–H and O–H groups in total. The van der Waals surface area contributed by atoms with E-state index in [4.69, 9.17) is 0 Å². The van der Waals surface area contributed by atoms with Gasteiger partial charge in [-0.1, -0.05) is 37.5 Å². The average molecular weight is 434 g/mol. The number of hydrogen-bond acceptors (Lipinski definition) is 3. The highest BCUT2D eigenvalue weighted by atomic mass is 32.2. The first-order chi connectivity index (χ1) is 14.4. The maximum Gasteiger partial charge on any atom is 0.282 e. The van der Waals surface area contributed by atoms with Crippen molar-refractivity contribution < 1.29 is 13.2 Å². The van der Waals surface area contributed by atoms with Crippen molar-refractivity contribution in [1.29, 1.82) is 0 Å². The summed E-state index contributed by atoms with van der Waals surface area (Å²) in [4.78, 5) is 14.6. The van der Waals surface area contributed by atoms with Gasteiger partial charge in [0.1, 0.15) is 0 Å². The van der Waals surface area contributed by atoms with Crippen LogP contribution in [0.3, 0.4) is 0 Å². The molecular weight excluding hydrogens is 398 g/mol. The van der Waals surface area contributed by atoms with Gasteiger partial charge < -0.3 is 4.90 Å². The maximum absolute atomic E-state index is 13.0. The molecule has 0 atom stereocenters. The zero-order valence-corrected chi connectivity index (χ0v) is 19.0. The standard InChI is InChI=1S/C23H35N3O3S/c1-24(22-9-3-2-4-10-22)30(28,29)26-15-13-25(14-16-26)23(27)18-19-11-12-20-7-5-6-8-21(20)17-19/h11-12,17,22H,2-10,13-16,18H2,1H3. The minimum absolute atomic E-state index is 0.100. The summed E-state index contributed by atoms with van der Waals surface area (Å²) in [5.41, 5.74) is 3.90. The van der Waals surface area contributed by atoms with E-state index in [1.165, 1.54) is 30.4 Å². The zero-order chi connectivity index (χ0) is 21.1. The van der Waals surface area contributed by atoms with Gasteiger partial charge in [0.05, 0.1) is 6.42 Å². The third-order valence-corrected chi connectivity index (χ3v) is 9.18. The van der Waals surface area contributed by atoms with E-state index in [9.17, 15) is 13.2 Å². The van der Waals surface area contributed by atoms with Crippen LogP contribution >= 0.6 is 0 Å². The van der Waals surface area contributed by atoms with E-state index in [0.717, 1.165) is 44.1 Å². The van der Waals surface area contributed by atoms with Gasteiger partial charge in [0.15, 0.2) is 0 Å². The number of aryl methyl sites for hydroxylation is 2. The Kier molecular flexibility index (Phi) is 6.80. The fourth-order valence-electron chi connectivity index (χ4n) is 5.17. The molecule has 3 aliphatic rings. The first-order valence-corrected chi connectivity index (χ1v) is 13.0. The summed E-state index contributed by atoms with van der Waals surface area (Å²) in [5.74, 6) is 0.100. The van der Waals surface area contributed by atoms with E-state index in [2.05, 4.69) is 18.2 Å². The van der Waals surface area contributed by atoms with Crippen LogP contribution in [0.2, 0.25) is 0 Å². The molecule has 166 valence electrons. The van der Waals surface area contributed by atoms with E-state index in [0.29, 0.717) is 32.6 Å². The molecule has 7 heteroatoms. The number of carbonyl (C=O) groups excluding carboxylic acids is 1. The molecule has 0 unspecified atom stereocenters. The zero-order valence-electron chi connectivity index (χ0n) is 18.2. The van der Waals surface area contributed by atoms with Crippen LogP contribution in [0, 0.1) is 0 Å². The number of hydrogen-bond donors (Lipinski definition) is 0. The van der Waals surface area contributed by atoms with Crippen molar-refractivity contribution in [1.82, 2.24) is 13.5 Å². The normalized spacial score (nSPS) is 21.6. The first kappa shape index (κ1) is 21.8. The van der Waals surface area contributed by atoms with Crippen molar-refractivity contribution in [3.05, 3.63) is 34.9 Å². The smallest absolute Gasteiger partial charge is 0.282 e. The van der Waals surface area contributed by atoms with Crippen molar-refractivity contribution in [2.24, 2.45) is 0 Å². The molecule has 1 saturated heterocycles. The summed E-state index contributed by atoms with van der Waals surface area (Å²) in [6, 6.07) is 6.59. The van der Waals surface area contributed by atoms with Gasteiger partial charge in [-0.05, 0) is 55.2 Å². The summed E-state index contributed by atoms with van der Waals surface area (Å²) in [6.07, 6.45) is 10.5. The van der Waals surface area contributed by atoms with E-state index in [-0.39, 0.29) is 11.9 Å². The second kappa shape index (κ2) is 9.37. The summed E-state index contributed by atoms with van der Waals surface area (Å²) in [6.45, 7) is 1.72. The van der Waals surface area contributed by atoms with Crippen LogP contribution in [-0.2, 0) is 34.3 Å². The number of benzene rings is 1. The van der Waals surface area contributed by atoms with E-state index < -0.39 is 10.2 Å². The largest absolute Gasteiger partial charge is 0.340 e. The molecule has 2 aliphatic carbocycles. The van der Waals surface area contributed by atoms with Crippen LogP contribution in [0.1, 0.15) is 61.6 Å². The van der Waals surface area contributed by atoms with Crippen molar-refractivity contribution in [3.8, 4) is 0 Å². The lowest BCUT2D eigenvalue weighted by atomic mass is 9.90. The highest BCUT2D eigenvalue weighted by molar-refractivity contribution is 7.86. The highest BCUT2D eigenvalue weighted by Crippen LogP contribution is 2.26. The second-order valence-electron chi connectivity index (χ2n) is 9.08. The summed E-state index contributed by atoms with van der Waals surface area (Å²) in [7, 11) is -1.73. The van der Waals surface area contributed by atoms with Gasteiger partial charge in [0, 0.05) is 39.3 Å². The average Bonchev–Trinajstić information content (AvgIpc) is 2.79. The molecule has 0 spiro atoms. The predicted octanol–water partition coefficient (Wildman–Crippen LogP) is 2.76. The Labute approximate surface area is 181 Å². The quantitative estimate of drug-likeness (QED) is 0.717. The van der Waals surface area contributed by atoms with E-state index in [1.807, 2.05) is 4.90 Å². The van der Waals surface area contributed by atoms with E-state index >= 15 is 0 Å². The summed E-state index contributed by atoms with van der Waals surface area (Å²) < 4.78 is 29.2. The Hall–Kier alpha value is -1.44. The molecule has 6 nitrogen and oxygen atoms in total. The van der Waals surface area contributed by atoms with Gasteiger partial charge >= 0.3 is 0 Å². The van der Waals surface area contributed by atoms with Crippen molar-refractivity contribution >= 4 is 16.1 Å². The molecule has 30 heavy (non-hydrogen) atoms. The Balaban J connectivity index is 1.32. The fraction of sp³-hybridized carbons (Fsp3) is 0.696. The monoisotopic (exact) mass is 433 g/mol. The SMILES string of the molecule is CN(C1CCCCC1)S(=O)(=O)N1CCN(C(=O)Cc2ccc3c(c2)CCCC3)CC1. The molecule has 1 amide bonds. The molecule has 0 aromatic heterocycles. The molecule has 1 aromatic carbocycles. The highest BCUT2D eigenvalue weighted by Gasteiger charge is 2.35. The van der Waals surface area contributed by atoms with Gasteiger partial charge in [-0.2, -0.15) is 17.0 Å². The van der Waals surface area contributed by atoms with Gasteiger partial charge in [0.25, 0.3) is 10.2 Å². The molecule has 1 aliphatic heterocycles. The first-order valence-electron chi connectivity index (χ1n) is 11.6. The van der Waals surface area contributed by atoms with Crippen molar-refractivity contribution in [3.63, 3.8) is 0 Å². The van der Waals surface area contributed by atoms with Crippen molar-refractivity contribution in [2.75, 3.05) is 33.2 Å². The molecule has 0 radical (unpaired) electrons. The third-order valence-electron chi connectivity index (χ3n) is 7.14. The molecule has 2 fully saturated rings.